The largest absolute Gasteiger partial charge is 0.490 e. The highest BCUT2D eigenvalue weighted by atomic mass is 19.2. The van der Waals surface area contributed by atoms with Crippen molar-refractivity contribution in [1.29, 1.82) is 0 Å². The molecule has 2 aromatic rings. The van der Waals surface area contributed by atoms with Crippen molar-refractivity contribution < 1.29 is 27.0 Å². The Morgan fingerprint density at radius 2 is 1.39 bits per heavy atom. The van der Waals surface area contributed by atoms with Gasteiger partial charge in [0.05, 0.1) is 12.7 Å². The Bertz CT molecular complexity index is 1110. The van der Waals surface area contributed by atoms with E-state index in [2.05, 4.69) is 6.58 Å². The van der Waals surface area contributed by atoms with Crippen LogP contribution in [0.1, 0.15) is 93.2 Å². The molecule has 0 radical (unpaired) electrons. The molecular formula is C32H38F4O2. The van der Waals surface area contributed by atoms with Gasteiger partial charge in [-0.15, -0.1) is 6.58 Å². The fourth-order valence-electron chi connectivity index (χ4n) is 5.89. The van der Waals surface area contributed by atoms with E-state index in [0.717, 1.165) is 51.4 Å². The molecule has 0 unspecified atom stereocenters. The van der Waals surface area contributed by atoms with Gasteiger partial charge >= 0.3 is 0 Å². The van der Waals surface area contributed by atoms with Crippen LogP contribution in [0.3, 0.4) is 0 Å². The zero-order valence-corrected chi connectivity index (χ0v) is 22.2. The number of hydrogen-bond donors (Lipinski definition) is 0. The van der Waals surface area contributed by atoms with E-state index in [-0.39, 0.29) is 41.8 Å². The first-order chi connectivity index (χ1) is 18.4. The molecule has 2 aromatic carbocycles. The number of benzene rings is 2. The van der Waals surface area contributed by atoms with Gasteiger partial charge in [0.15, 0.2) is 23.2 Å². The molecule has 0 atom stereocenters. The molecule has 0 bridgehead atoms. The number of rotatable bonds is 10. The maximum absolute atomic E-state index is 15.2. The summed E-state index contributed by atoms with van der Waals surface area (Å²) in [6.07, 6.45) is 12.3. The Hall–Kier alpha value is -2.60. The molecule has 2 nitrogen and oxygen atoms in total. The maximum atomic E-state index is 15.2. The Morgan fingerprint density at radius 1 is 0.789 bits per heavy atom. The average Bonchev–Trinajstić information content (AvgIpc) is 2.93. The lowest BCUT2D eigenvalue weighted by Crippen LogP contribution is -2.21. The quantitative estimate of drug-likeness (QED) is 0.173. The summed E-state index contributed by atoms with van der Waals surface area (Å²) in [5, 5.41) is 0. The fraction of sp³-hybridized carbons (Fsp3) is 0.500. The summed E-state index contributed by atoms with van der Waals surface area (Å²) in [6.45, 7) is 6.47. The minimum absolute atomic E-state index is 0.0362. The van der Waals surface area contributed by atoms with E-state index in [9.17, 15) is 8.78 Å². The number of allylic oxidation sites excluding steroid dienone is 1. The van der Waals surface area contributed by atoms with Crippen LogP contribution in [0, 0.1) is 29.2 Å². The first-order valence-corrected chi connectivity index (χ1v) is 13.9. The van der Waals surface area contributed by atoms with Gasteiger partial charge in [0, 0.05) is 12.2 Å². The molecule has 0 N–H and O–H groups in total. The summed E-state index contributed by atoms with van der Waals surface area (Å²) in [5.74, 6) is -3.28. The summed E-state index contributed by atoms with van der Waals surface area (Å²) >= 11 is 0. The van der Waals surface area contributed by atoms with Gasteiger partial charge in [-0.1, -0.05) is 30.4 Å². The van der Waals surface area contributed by atoms with Crippen molar-refractivity contribution in [2.24, 2.45) is 5.92 Å². The molecule has 0 saturated heterocycles. The highest BCUT2D eigenvalue weighted by Gasteiger charge is 2.29. The molecule has 0 aliphatic heterocycles. The van der Waals surface area contributed by atoms with E-state index in [0.29, 0.717) is 24.2 Å². The van der Waals surface area contributed by atoms with Crippen LogP contribution in [0.5, 0.6) is 5.75 Å². The minimum Gasteiger partial charge on any atom is -0.490 e. The summed E-state index contributed by atoms with van der Waals surface area (Å²) < 4.78 is 70.1. The molecule has 2 aliphatic carbocycles. The van der Waals surface area contributed by atoms with Crippen LogP contribution >= 0.6 is 0 Å². The summed E-state index contributed by atoms with van der Waals surface area (Å²) in [7, 11) is 0. The van der Waals surface area contributed by atoms with Crippen LogP contribution < -0.4 is 4.74 Å². The molecule has 2 saturated carbocycles. The van der Waals surface area contributed by atoms with E-state index in [1.807, 2.05) is 13.0 Å². The van der Waals surface area contributed by atoms with Gasteiger partial charge in [0.25, 0.3) is 0 Å². The predicted molar refractivity (Wildman–Crippen MR) is 143 cm³/mol. The lowest BCUT2D eigenvalue weighted by molar-refractivity contribution is 0.0325. The molecule has 0 spiro atoms. The van der Waals surface area contributed by atoms with E-state index in [1.165, 1.54) is 12.1 Å². The monoisotopic (exact) mass is 530 g/mol. The second kappa shape index (κ2) is 13.5. The van der Waals surface area contributed by atoms with Crippen LogP contribution in [-0.4, -0.2) is 19.3 Å². The van der Waals surface area contributed by atoms with Crippen molar-refractivity contribution in [3.63, 3.8) is 0 Å². The first kappa shape index (κ1) is 28.4. The van der Waals surface area contributed by atoms with Crippen LogP contribution in [0.15, 0.2) is 43.0 Å². The van der Waals surface area contributed by atoms with Crippen molar-refractivity contribution in [3.05, 3.63) is 83.0 Å². The molecule has 4 rings (SSSR count). The Morgan fingerprint density at radius 3 is 1.97 bits per heavy atom. The number of ether oxygens (including phenoxy) is 2. The molecule has 206 valence electrons. The number of hydrogen-bond acceptors (Lipinski definition) is 2. The summed E-state index contributed by atoms with van der Waals surface area (Å²) in [4.78, 5) is 0. The third-order valence-electron chi connectivity index (χ3n) is 8.07. The van der Waals surface area contributed by atoms with Crippen molar-refractivity contribution in [2.45, 2.75) is 82.7 Å². The van der Waals surface area contributed by atoms with Gasteiger partial charge in [0.1, 0.15) is 0 Å². The third-order valence-corrected chi connectivity index (χ3v) is 8.07. The zero-order chi connectivity index (χ0) is 27.1. The fourth-order valence-corrected chi connectivity index (χ4v) is 5.89. The Labute approximate surface area is 223 Å². The highest BCUT2D eigenvalue weighted by molar-refractivity contribution is 5.52. The summed E-state index contributed by atoms with van der Waals surface area (Å²) in [6, 6.07) is 6.50. The van der Waals surface area contributed by atoms with E-state index in [1.54, 1.807) is 24.3 Å². The highest BCUT2D eigenvalue weighted by Crippen LogP contribution is 2.41. The molecule has 2 fully saturated rings. The molecular weight excluding hydrogens is 492 g/mol. The summed E-state index contributed by atoms with van der Waals surface area (Å²) in [5.41, 5.74) is 1.11. The molecule has 0 heterocycles. The maximum Gasteiger partial charge on any atom is 0.201 e. The van der Waals surface area contributed by atoms with Crippen LogP contribution in [0.4, 0.5) is 17.6 Å². The van der Waals surface area contributed by atoms with E-state index < -0.39 is 23.3 Å². The Kier molecular flexibility index (Phi) is 10.1. The van der Waals surface area contributed by atoms with Crippen LogP contribution in [0.25, 0.3) is 6.08 Å². The lowest BCUT2D eigenvalue weighted by atomic mass is 9.77. The van der Waals surface area contributed by atoms with E-state index >= 15 is 8.78 Å². The second-order valence-electron chi connectivity index (χ2n) is 10.5. The average molecular weight is 531 g/mol. The first-order valence-electron chi connectivity index (χ1n) is 13.9. The van der Waals surface area contributed by atoms with E-state index in [4.69, 9.17) is 9.47 Å². The lowest BCUT2D eigenvalue weighted by Gasteiger charge is -2.30. The van der Waals surface area contributed by atoms with Crippen molar-refractivity contribution in [2.75, 3.05) is 13.2 Å². The minimum atomic E-state index is -0.997. The smallest absolute Gasteiger partial charge is 0.201 e. The van der Waals surface area contributed by atoms with Crippen molar-refractivity contribution >= 4 is 6.08 Å². The topological polar surface area (TPSA) is 18.5 Å². The molecule has 38 heavy (non-hydrogen) atoms. The molecule has 0 aromatic heterocycles. The van der Waals surface area contributed by atoms with Gasteiger partial charge in [0.2, 0.25) is 5.82 Å². The van der Waals surface area contributed by atoms with Crippen LogP contribution in [0.2, 0.25) is 0 Å². The van der Waals surface area contributed by atoms with Crippen molar-refractivity contribution in [3.8, 4) is 5.75 Å². The van der Waals surface area contributed by atoms with Crippen LogP contribution in [-0.2, 0) is 4.74 Å². The third kappa shape index (κ3) is 6.69. The molecule has 2 aliphatic rings. The SMILES string of the molecule is C=CCCOc1ccc(/C=C/C2CCC(c3ccc(C4CCC(OCC)CC4)c(F)c3F)CC2)c(F)c1F. The molecule has 0 amide bonds. The predicted octanol–water partition coefficient (Wildman–Crippen LogP) is 9.25. The normalized spacial score (nSPS) is 24.0. The zero-order valence-electron chi connectivity index (χ0n) is 22.2. The van der Waals surface area contributed by atoms with Gasteiger partial charge in [-0.25, -0.2) is 13.2 Å². The van der Waals surface area contributed by atoms with Crippen molar-refractivity contribution in [1.82, 2.24) is 0 Å². The van der Waals surface area contributed by atoms with Gasteiger partial charge in [-0.3, -0.25) is 0 Å². The standard InChI is InChI=1S/C32H38F4O2/c1-3-5-20-38-28-19-14-24(29(33)32(28)36)11-8-21-6-9-22(10-7-21)26-17-18-27(31(35)30(26)34)23-12-15-25(16-13-23)37-4-2/h3,8,11,14,17-19,21-23,25H,1,4-7,9-10,12-13,15-16,20H2,2H3/b11-8+. The van der Waals surface area contributed by atoms with Gasteiger partial charge < -0.3 is 9.47 Å². The molecule has 6 heteroatoms. The second-order valence-corrected chi connectivity index (χ2v) is 10.5. The van der Waals surface area contributed by atoms with Gasteiger partial charge in [-0.2, -0.15) is 4.39 Å². The Balaban J connectivity index is 1.34. The number of halogens is 4. The van der Waals surface area contributed by atoms with Gasteiger partial charge in [-0.05, 0) is 106 Å².